The average Bonchev–Trinajstić information content (AvgIpc) is 3.75. The van der Waals surface area contributed by atoms with Gasteiger partial charge in [0.25, 0.3) is 5.91 Å². The lowest BCUT2D eigenvalue weighted by atomic mass is 10.1. The number of aliphatic hydroxyl groups excluding tert-OH is 1. The molecule has 0 unspecified atom stereocenters. The number of amides is 4. The van der Waals surface area contributed by atoms with Crippen LogP contribution in [0.3, 0.4) is 0 Å². The Balaban J connectivity index is 1.64. The number of carboxylic acid groups (broad SMARTS) is 1. The molecular formula is C24H35FN4O9S. The van der Waals surface area contributed by atoms with Gasteiger partial charge in [-0.2, -0.15) is 0 Å². The molecule has 4 amide bonds. The predicted octanol–water partition coefficient (Wildman–Crippen LogP) is -0.449. The Morgan fingerprint density at radius 2 is 1.97 bits per heavy atom. The molecule has 2 heterocycles. The molecule has 0 radical (unpaired) electrons. The largest absolute Gasteiger partial charge is 0.465 e. The van der Waals surface area contributed by atoms with E-state index in [0.717, 1.165) is 4.90 Å². The molecule has 39 heavy (non-hydrogen) atoms. The lowest BCUT2D eigenvalue weighted by molar-refractivity contribution is -0.144. The fourth-order valence-corrected chi connectivity index (χ4v) is 6.75. The molecule has 1 saturated heterocycles. The lowest BCUT2D eigenvalue weighted by Gasteiger charge is -2.32. The molecule has 0 aromatic heterocycles. The highest BCUT2D eigenvalue weighted by Crippen LogP contribution is 2.47. The van der Waals surface area contributed by atoms with Crippen LogP contribution in [-0.2, 0) is 29.1 Å². The Labute approximate surface area is 225 Å². The van der Waals surface area contributed by atoms with E-state index in [1.54, 1.807) is 19.1 Å². The van der Waals surface area contributed by atoms with Crippen LogP contribution in [0, 0.1) is 5.92 Å². The number of hydrogen-bond donors (Lipinski definition) is 5. The van der Waals surface area contributed by atoms with Gasteiger partial charge in [-0.15, -0.1) is 0 Å². The highest BCUT2D eigenvalue weighted by molar-refractivity contribution is 7.91. The minimum atomic E-state index is -4.34. The van der Waals surface area contributed by atoms with Crippen molar-refractivity contribution in [1.29, 1.82) is 0 Å². The van der Waals surface area contributed by atoms with Crippen LogP contribution in [-0.4, -0.2) is 101 Å². The number of ether oxygens (including phenoxy) is 1. The Morgan fingerprint density at radius 3 is 2.59 bits per heavy atom. The number of allylic oxidation sites excluding steroid dienone is 1. The van der Waals surface area contributed by atoms with E-state index in [0.29, 0.717) is 12.8 Å². The highest BCUT2D eigenvalue weighted by Gasteiger charge is 2.64. The van der Waals surface area contributed by atoms with E-state index in [4.69, 9.17) is 4.74 Å². The second kappa shape index (κ2) is 10.7. The maximum Gasteiger partial charge on any atom is 0.405 e. The number of fused-ring (bicyclic) bond motifs is 2. The number of carbonyl (C=O) groups is 4. The predicted molar refractivity (Wildman–Crippen MR) is 133 cm³/mol. The second-order valence-corrected chi connectivity index (χ2v) is 13.1. The van der Waals surface area contributed by atoms with Gasteiger partial charge in [0.2, 0.25) is 21.8 Å². The third-order valence-electron chi connectivity index (χ3n) is 8.05. The van der Waals surface area contributed by atoms with Crippen LogP contribution in [0.1, 0.15) is 52.4 Å². The van der Waals surface area contributed by atoms with Crippen LogP contribution in [0.15, 0.2) is 12.2 Å². The molecule has 13 nitrogen and oxygen atoms in total. The molecule has 7 atom stereocenters. The normalized spacial score (nSPS) is 37.3. The van der Waals surface area contributed by atoms with Crippen molar-refractivity contribution in [2.75, 3.05) is 13.2 Å². The number of nitrogens with one attached hydrogen (secondary N) is 3. The number of carbonyl (C=O) groups excluding carboxylic acids is 3. The summed E-state index contributed by atoms with van der Waals surface area (Å²) < 4.78 is 45.1. The first-order valence-corrected chi connectivity index (χ1v) is 14.5. The van der Waals surface area contributed by atoms with E-state index < -0.39 is 81.0 Å². The van der Waals surface area contributed by atoms with Gasteiger partial charge in [-0.05, 0) is 46.0 Å². The summed E-state index contributed by atoms with van der Waals surface area (Å²) in [6, 6.07) is -2.63. The molecule has 3 fully saturated rings. The Morgan fingerprint density at radius 1 is 1.28 bits per heavy atom. The molecule has 218 valence electrons. The third kappa shape index (κ3) is 5.75. The van der Waals surface area contributed by atoms with E-state index in [1.807, 2.05) is 4.72 Å². The number of halogens is 1. The molecule has 2 saturated carbocycles. The standard InChI is InChI=1S/C24H35FN4O9S/c1-13-5-3-4-6-15-10-24(15,21(33)28-39(36,37)23(12-25)7-8-23)27-19(31)17-9-16(30)11-29(17)20(32)18(14(2)38-13)26-22(34)35/h4,6,13-18,26,30H,3,5,7-12H2,1-2H3,(H,27,31)(H,28,33)(H,34,35)/b6-4-/t13-,14+,15-,16-,17+,18+,24-/m1/s1. The molecule has 2 aliphatic carbocycles. The molecular weight excluding hydrogens is 539 g/mol. The van der Waals surface area contributed by atoms with Crippen LogP contribution in [0.25, 0.3) is 0 Å². The number of hydrogen-bond acceptors (Lipinski definition) is 8. The van der Waals surface area contributed by atoms with Gasteiger partial charge < -0.3 is 30.5 Å². The monoisotopic (exact) mass is 574 g/mol. The molecule has 0 aromatic carbocycles. The SMILES string of the molecule is C[C@@H]1CC/C=C\[C@@H]2C[C@@]2(C(=O)NS(=O)(=O)C2(CF)CC2)NC(=O)[C@@H]2C[C@@H](O)CN2C(=O)[C@@H](NC(=O)O)[C@H](C)O1. The summed E-state index contributed by atoms with van der Waals surface area (Å²) in [4.78, 5) is 52.8. The van der Waals surface area contributed by atoms with Crippen molar-refractivity contribution in [3.8, 4) is 0 Å². The maximum absolute atomic E-state index is 13.5. The molecule has 5 N–H and O–H groups in total. The minimum Gasteiger partial charge on any atom is -0.465 e. The van der Waals surface area contributed by atoms with Gasteiger partial charge in [0, 0.05) is 18.9 Å². The minimum absolute atomic E-state index is 0.0781. The summed E-state index contributed by atoms with van der Waals surface area (Å²) >= 11 is 0. The highest BCUT2D eigenvalue weighted by atomic mass is 32.2. The molecule has 15 heteroatoms. The number of aliphatic hydroxyl groups is 1. The Kier molecular flexibility index (Phi) is 7.98. The maximum atomic E-state index is 13.5. The first kappa shape index (κ1) is 29.2. The number of sulfonamides is 1. The fourth-order valence-electron chi connectivity index (χ4n) is 5.32. The van der Waals surface area contributed by atoms with Crippen molar-refractivity contribution in [1.82, 2.24) is 20.3 Å². The summed E-state index contributed by atoms with van der Waals surface area (Å²) in [6.07, 6.45) is 0.667. The summed E-state index contributed by atoms with van der Waals surface area (Å²) in [5.41, 5.74) is -1.65. The zero-order chi connectivity index (χ0) is 28.8. The number of nitrogens with zero attached hydrogens (tertiary/aromatic N) is 1. The van der Waals surface area contributed by atoms with Crippen molar-refractivity contribution in [2.45, 2.75) is 93.1 Å². The smallest absolute Gasteiger partial charge is 0.405 e. The van der Waals surface area contributed by atoms with Crippen LogP contribution in [0.4, 0.5) is 9.18 Å². The first-order valence-electron chi connectivity index (χ1n) is 13.0. The molecule has 0 aromatic rings. The van der Waals surface area contributed by atoms with Gasteiger partial charge in [0.15, 0.2) is 0 Å². The van der Waals surface area contributed by atoms with E-state index in [1.165, 1.54) is 6.92 Å². The summed E-state index contributed by atoms with van der Waals surface area (Å²) in [6.45, 7) is 1.90. The summed E-state index contributed by atoms with van der Waals surface area (Å²) in [5.74, 6) is -3.15. The van der Waals surface area contributed by atoms with Crippen molar-refractivity contribution in [2.24, 2.45) is 5.92 Å². The van der Waals surface area contributed by atoms with Crippen LogP contribution in [0.2, 0.25) is 0 Å². The van der Waals surface area contributed by atoms with Crippen molar-refractivity contribution in [3.05, 3.63) is 12.2 Å². The van der Waals surface area contributed by atoms with Gasteiger partial charge in [-0.25, -0.2) is 17.6 Å². The van der Waals surface area contributed by atoms with Gasteiger partial charge in [0.1, 0.15) is 29.0 Å². The van der Waals surface area contributed by atoms with E-state index in [-0.39, 0.29) is 38.3 Å². The van der Waals surface area contributed by atoms with Gasteiger partial charge in [-0.1, -0.05) is 12.2 Å². The topological polar surface area (TPSA) is 191 Å². The number of rotatable bonds is 5. The van der Waals surface area contributed by atoms with Crippen molar-refractivity contribution >= 4 is 33.8 Å². The molecule has 2 aliphatic heterocycles. The third-order valence-corrected chi connectivity index (χ3v) is 10.2. The molecule has 4 aliphatic rings. The van der Waals surface area contributed by atoms with Gasteiger partial charge in [0.05, 0.1) is 18.3 Å². The number of alkyl halides is 1. The van der Waals surface area contributed by atoms with Crippen LogP contribution in [0.5, 0.6) is 0 Å². The van der Waals surface area contributed by atoms with Crippen molar-refractivity contribution < 1.29 is 46.9 Å². The molecule has 4 rings (SSSR count). The Hall–Kier alpha value is -2.78. The van der Waals surface area contributed by atoms with E-state index >= 15 is 0 Å². The fraction of sp³-hybridized carbons (Fsp3) is 0.750. The van der Waals surface area contributed by atoms with Gasteiger partial charge in [-0.3, -0.25) is 19.1 Å². The lowest BCUT2D eigenvalue weighted by Crippen LogP contribution is -2.60. The molecule has 0 spiro atoms. The van der Waals surface area contributed by atoms with Crippen molar-refractivity contribution in [3.63, 3.8) is 0 Å². The zero-order valence-electron chi connectivity index (χ0n) is 21.8. The summed E-state index contributed by atoms with van der Waals surface area (Å²) in [7, 11) is -4.34. The van der Waals surface area contributed by atoms with Gasteiger partial charge >= 0.3 is 6.09 Å². The average molecular weight is 575 g/mol. The van der Waals surface area contributed by atoms with E-state index in [2.05, 4.69) is 10.6 Å². The molecule has 0 bridgehead atoms. The van der Waals surface area contributed by atoms with E-state index in [9.17, 15) is 42.2 Å². The zero-order valence-corrected chi connectivity index (χ0v) is 22.6. The van der Waals surface area contributed by atoms with Crippen LogP contribution < -0.4 is 15.4 Å². The quantitative estimate of drug-likeness (QED) is 0.271. The van der Waals surface area contributed by atoms with Crippen LogP contribution >= 0.6 is 0 Å². The second-order valence-electron chi connectivity index (χ2n) is 11.0. The first-order chi connectivity index (χ1) is 18.2. The Bertz CT molecular complexity index is 1160. The summed E-state index contributed by atoms with van der Waals surface area (Å²) in [5, 5.41) is 24.4.